The topological polar surface area (TPSA) is 74.3 Å². The summed E-state index contributed by atoms with van der Waals surface area (Å²) >= 11 is 0. The highest BCUT2D eigenvalue weighted by molar-refractivity contribution is 7.57. The zero-order valence-corrected chi connectivity index (χ0v) is 20.3. The van der Waals surface area contributed by atoms with E-state index in [-0.39, 0.29) is 0 Å². The molecule has 29 heavy (non-hydrogen) atoms. The molecule has 0 aromatic rings. The van der Waals surface area contributed by atoms with Gasteiger partial charge in [-0.3, -0.25) is 9.46 Å². The van der Waals surface area contributed by atoms with Gasteiger partial charge in [0.25, 0.3) is 0 Å². The number of hydrogen-bond acceptors (Lipinski definition) is 6. The molecule has 0 aliphatic carbocycles. The summed E-state index contributed by atoms with van der Waals surface area (Å²) in [5.41, 5.74) is -0.754. The van der Waals surface area contributed by atoms with Gasteiger partial charge in [0.2, 0.25) is 0 Å². The molecule has 0 bridgehead atoms. The zero-order chi connectivity index (χ0) is 22.3. The van der Waals surface area contributed by atoms with Gasteiger partial charge in [-0.05, 0) is 60.0 Å². The number of hydrogen-bond donors (Lipinski definition) is 0. The maximum atomic E-state index is 13.3. The number of carbonyl (C=O) groups is 1. The molecule has 1 atom stereocenters. The highest BCUT2D eigenvalue weighted by Gasteiger charge is 2.46. The Morgan fingerprint density at radius 1 is 1.17 bits per heavy atom. The maximum absolute atomic E-state index is 13.3. The molecule has 7 nitrogen and oxygen atoms in total. The summed E-state index contributed by atoms with van der Waals surface area (Å²) < 4.78 is 36.0. The molecule has 1 aliphatic heterocycles. The quantitative estimate of drug-likeness (QED) is 0.307. The van der Waals surface area contributed by atoms with Crippen LogP contribution < -0.4 is 0 Å². The van der Waals surface area contributed by atoms with Gasteiger partial charge >= 0.3 is 13.7 Å². The van der Waals surface area contributed by atoms with Crippen molar-refractivity contribution in [3.63, 3.8) is 0 Å². The minimum atomic E-state index is -3.42. The van der Waals surface area contributed by atoms with Crippen molar-refractivity contribution in [3.8, 4) is 0 Å². The third-order valence-corrected chi connectivity index (χ3v) is 6.31. The van der Waals surface area contributed by atoms with Crippen LogP contribution in [0.25, 0.3) is 0 Å². The molecule has 0 N–H and O–H groups in total. The largest absolute Gasteiger partial charge is 0.444 e. The Labute approximate surface area is 176 Å². The van der Waals surface area contributed by atoms with Crippen LogP contribution in [0, 0.1) is 0 Å². The second-order valence-corrected chi connectivity index (χ2v) is 10.8. The fourth-order valence-corrected chi connectivity index (χ4v) is 4.58. The average molecular weight is 434 g/mol. The van der Waals surface area contributed by atoms with Crippen LogP contribution in [0.4, 0.5) is 4.79 Å². The molecule has 1 heterocycles. The smallest absolute Gasteiger partial charge is 0.413 e. The van der Waals surface area contributed by atoms with E-state index in [4.69, 9.17) is 18.5 Å². The first-order valence-electron chi connectivity index (χ1n) is 10.6. The molecular weight excluding hydrogens is 393 g/mol. The second kappa shape index (κ2) is 10.9. The lowest BCUT2D eigenvalue weighted by Gasteiger charge is -2.35. The van der Waals surface area contributed by atoms with E-state index in [0.717, 1.165) is 25.7 Å². The van der Waals surface area contributed by atoms with E-state index in [2.05, 4.69) is 0 Å². The fraction of sp³-hybridized carbons (Fsp3) is 0.857. The van der Waals surface area contributed by atoms with Crippen molar-refractivity contribution in [2.45, 2.75) is 98.4 Å². The second-order valence-electron chi connectivity index (χ2n) is 8.91. The van der Waals surface area contributed by atoms with Crippen molar-refractivity contribution in [3.05, 3.63) is 11.4 Å². The van der Waals surface area contributed by atoms with Crippen LogP contribution in [0.2, 0.25) is 0 Å². The molecular formula is C21H40NO6P. The first-order valence-corrected chi connectivity index (χ1v) is 12.2. The van der Waals surface area contributed by atoms with Crippen molar-refractivity contribution >= 4 is 13.7 Å². The molecule has 1 fully saturated rings. The van der Waals surface area contributed by atoms with Crippen molar-refractivity contribution in [2.75, 3.05) is 19.8 Å². The molecule has 1 amide bonds. The Bertz CT molecular complexity index is 597. The van der Waals surface area contributed by atoms with Gasteiger partial charge in [-0.15, -0.1) is 0 Å². The van der Waals surface area contributed by atoms with Crippen molar-refractivity contribution < 1.29 is 27.9 Å². The SMILES string of the molecule is CCCCOP(=O)(/C=C(\C)[C@@H]1COC(C)(C)N1C(=O)OC(C)(C)C)OCCCC. The Balaban J connectivity index is 3.09. The van der Waals surface area contributed by atoms with Crippen LogP contribution in [0.3, 0.4) is 0 Å². The minimum absolute atomic E-state index is 0.290. The Morgan fingerprint density at radius 3 is 2.14 bits per heavy atom. The van der Waals surface area contributed by atoms with Crippen molar-refractivity contribution in [1.82, 2.24) is 4.90 Å². The molecule has 1 saturated heterocycles. The number of rotatable bonds is 10. The summed E-state index contributed by atoms with van der Waals surface area (Å²) in [6.07, 6.45) is 3.02. The Hall–Kier alpha value is -0.880. The van der Waals surface area contributed by atoms with E-state index < -0.39 is 31.1 Å². The molecule has 0 radical (unpaired) electrons. The lowest BCUT2D eigenvalue weighted by atomic mass is 10.1. The van der Waals surface area contributed by atoms with Crippen molar-refractivity contribution in [2.24, 2.45) is 0 Å². The number of amides is 1. The summed E-state index contributed by atoms with van der Waals surface area (Å²) in [5, 5.41) is 0. The maximum Gasteiger partial charge on any atom is 0.413 e. The molecule has 8 heteroatoms. The van der Waals surface area contributed by atoms with Gasteiger partial charge in [-0.1, -0.05) is 26.7 Å². The lowest BCUT2D eigenvalue weighted by Crippen LogP contribution is -2.50. The van der Waals surface area contributed by atoms with E-state index in [9.17, 15) is 9.36 Å². The van der Waals surface area contributed by atoms with Gasteiger partial charge in [-0.2, -0.15) is 0 Å². The fourth-order valence-electron chi connectivity index (χ4n) is 2.92. The summed E-state index contributed by atoms with van der Waals surface area (Å²) in [6, 6.07) is -0.405. The number of carbonyl (C=O) groups excluding carboxylic acids is 1. The first kappa shape index (κ1) is 26.2. The van der Waals surface area contributed by atoms with Crippen LogP contribution in [0.1, 0.15) is 81.1 Å². The summed E-state index contributed by atoms with van der Waals surface area (Å²) in [5.74, 6) is 1.55. The summed E-state index contributed by atoms with van der Waals surface area (Å²) in [4.78, 5) is 14.4. The van der Waals surface area contributed by atoms with Gasteiger partial charge in [0, 0.05) is 5.82 Å². The predicted octanol–water partition coefficient (Wildman–Crippen LogP) is 6.09. The highest BCUT2D eigenvalue weighted by Crippen LogP contribution is 2.52. The third-order valence-electron chi connectivity index (χ3n) is 4.50. The van der Waals surface area contributed by atoms with E-state index in [1.807, 2.05) is 55.4 Å². The van der Waals surface area contributed by atoms with Gasteiger partial charge in [0.15, 0.2) is 0 Å². The van der Waals surface area contributed by atoms with Crippen LogP contribution >= 0.6 is 7.60 Å². The minimum Gasteiger partial charge on any atom is -0.444 e. The lowest BCUT2D eigenvalue weighted by molar-refractivity contribution is -0.0613. The van der Waals surface area contributed by atoms with Crippen LogP contribution in [-0.4, -0.2) is 48.2 Å². The molecule has 1 aliphatic rings. The number of unbranched alkanes of at least 4 members (excludes halogenated alkanes) is 2. The molecule has 170 valence electrons. The first-order chi connectivity index (χ1) is 13.4. The molecule has 0 unspecified atom stereocenters. The normalized spacial score (nSPS) is 20.2. The zero-order valence-electron chi connectivity index (χ0n) is 19.4. The Kier molecular flexibility index (Phi) is 9.87. The molecule has 0 aromatic carbocycles. The van der Waals surface area contributed by atoms with Crippen LogP contribution in [0.15, 0.2) is 11.4 Å². The molecule has 0 saturated carbocycles. The average Bonchev–Trinajstić information content (AvgIpc) is 2.89. The van der Waals surface area contributed by atoms with Gasteiger partial charge < -0.3 is 18.5 Å². The highest BCUT2D eigenvalue weighted by atomic mass is 31.2. The van der Waals surface area contributed by atoms with Gasteiger partial charge in [0.05, 0.1) is 25.9 Å². The van der Waals surface area contributed by atoms with E-state index in [0.29, 0.717) is 25.4 Å². The third kappa shape index (κ3) is 8.41. The van der Waals surface area contributed by atoms with Gasteiger partial charge in [0.1, 0.15) is 11.3 Å². The number of ether oxygens (including phenoxy) is 2. The van der Waals surface area contributed by atoms with E-state index in [1.54, 1.807) is 10.7 Å². The monoisotopic (exact) mass is 433 g/mol. The van der Waals surface area contributed by atoms with Crippen molar-refractivity contribution in [1.29, 1.82) is 0 Å². The number of nitrogens with zero attached hydrogens (tertiary/aromatic N) is 1. The van der Waals surface area contributed by atoms with E-state index in [1.165, 1.54) is 0 Å². The van der Waals surface area contributed by atoms with Gasteiger partial charge in [-0.25, -0.2) is 4.79 Å². The van der Waals surface area contributed by atoms with Crippen LogP contribution in [-0.2, 0) is 23.1 Å². The summed E-state index contributed by atoms with van der Waals surface area (Å²) in [7, 11) is -3.42. The summed E-state index contributed by atoms with van der Waals surface area (Å²) in [6.45, 7) is 16.0. The Morgan fingerprint density at radius 2 is 1.69 bits per heavy atom. The predicted molar refractivity (Wildman–Crippen MR) is 115 cm³/mol. The molecule has 0 spiro atoms. The molecule has 1 rings (SSSR count). The van der Waals surface area contributed by atoms with Crippen LogP contribution in [0.5, 0.6) is 0 Å². The standard InChI is InChI=1S/C21H40NO6P/c1-9-11-13-26-29(24,27-14-12-10-2)16-17(3)18-15-25-21(7,8)22(18)19(23)28-20(4,5)6/h16,18H,9-15H2,1-8H3/b17-16+/t18-/m0/s1. The van der Waals surface area contributed by atoms with E-state index >= 15 is 0 Å². The molecule has 0 aromatic heterocycles.